The first-order valence-corrected chi connectivity index (χ1v) is 5.14. The lowest BCUT2D eigenvalue weighted by Crippen LogP contribution is -2.02. The molecule has 1 aliphatic heterocycles. The summed E-state index contributed by atoms with van der Waals surface area (Å²) in [6, 6.07) is 3.73. The number of nitrogens with zero attached hydrogens (tertiary/aromatic N) is 1. The maximum absolute atomic E-state index is 5.16. The summed E-state index contributed by atoms with van der Waals surface area (Å²) in [5, 5.41) is 0. The molecule has 0 saturated carbocycles. The third-order valence-electron chi connectivity index (χ3n) is 1.52. The van der Waals surface area contributed by atoms with Crippen molar-refractivity contribution < 1.29 is 9.47 Å². The van der Waals surface area contributed by atoms with Gasteiger partial charge in [-0.25, -0.2) is 4.98 Å². The molecule has 0 amide bonds. The normalized spacial score (nSPS) is 15.5. The van der Waals surface area contributed by atoms with Crippen LogP contribution in [0.2, 0.25) is 0 Å². The molecule has 0 fully saturated rings. The largest absolute Gasteiger partial charge is 0.454 e. The zero-order valence-corrected chi connectivity index (χ0v) is 9.58. The summed E-state index contributed by atoms with van der Waals surface area (Å²) in [5.41, 5.74) is 0.722. The van der Waals surface area contributed by atoms with Gasteiger partial charge in [0.05, 0.1) is 0 Å². The van der Waals surface area contributed by atoms with Gasteiger partial charge in [-0.1, -0.05) is 0 Å². The summed E-state index contributed by atoms with van der Waals surface area (Å²) in [4.78, 5) is 4.23. The standard InChI is InChI=1S/C8H5Br2NO2/c9-5-1-2-6(10)11-7(5)8-12-3-4-13-8/h1-4,8H. The number of rotatable bonds is 1. The minimum absolute atomic E-state index is 0.438. The average molecular weight is 307 g/mol. The quantitative estimate of drug-likeness (QED) is 0.747. The second kappa shape index (κ2) is 3.67. The van der Waals surface area contributed by atoms with E-state index in [9.17, 15) is 0 Å². The number of hydrogen-bond donors (Lipinski definition) is 0. The number of hydrogen-bond acceptors (Lipinski definition) is 3. The fraction of sp³-hybridized carbons (Fsp3) is 0.125. The van der Waals surface area contributed by atoms with Gasteiger partial charge >= 0.3 is 0 Å². The Kier molecular flexibility index (Phi) is 2.55. The zero-order chi connectivity index (χ0) is 9.26. The molecule has 1 aromatic rings. The predicted octanol–water partition coefficient (Wildman–Crippen LogP) is 3.12. The Morgan fingerprint density at radius 2 is 1.85 bits per heavy atom. The second-order valence-corrected chi connectivity index (χ2v) is 4.04. The maximum Gasteiger partial charge on any atom is 0.284 e. The highest BCUT2D eigenvalue weighted by atomic mass is 79.9. The summed E-state index contributed by atoms with van der Waals surface area (Å²) in [6.45, 7) is 0. The lowest BCUT2D eigenvalue weighted by molar-refractivity contribution is -0.0286. The topological polar surface area (TPSA) is 31.4 Å². The molecular formula is C8H5Br2NO2. The Balaban J connectivity index is 2.33. The summed E-state index contributed by atoms with van der Waals surface area (Å²) >= 11 is 6.65. The molecule has 0 unspecified atom stereocenters. The molecule has 0 atom stereocenters. The van der Waals surface area contributed by atoms with Gasteiger partial charge in [0.1, 0.15) is 22.8 Å². The van der Waals surface area contributed by atoms with Crippen LogP contribution in [0.25, 0.3) is 0 Å². The fourth-order valence-electron chi connectivity index (χ4n) is 0.966. The Hall–Kier alpha value is -0.550. The SMILES string of the molecule is Brc1ccc(Br)c(C2OC=CO2)n1. The Labute approximate surface area is 92.0 Å². The van der Waals surface area contributed by atoms with Crippen LogP contribution in [0.3, 0.4) is 0 Å². The Morgan fingerprint density at radius 3 is 2.54 bits per heavy atom. The van der Waals surface area contributed by atoms with Crippen LogP contribution in [0.5, 0.6) is 0 Å². The molecule has 0 saturated heterocycles. The van der Waals surface area contributed by atoms with Crippen molar-refractivity contribution >= 4 is 31.9 Å². The first-order valence-electron chi connectivity index (χ1n) is 3.55. The van der Waals surface area contributed by atoms with Crippen molar-refractivity contribution in [3.63, 3.8) is 0 Å². The van der Waals surface area contributed by atoms with Crippen LogP contribution in [-0.4, -0.2) is 4.98 Å². The minimum Gasteiger partial charge on any atom is -0.454 e. The molecule has 1 aliphatic rings. The molecule has 0 aliphatic carbocycles. The Morgan fingerprint density at radius 1 is 1.15 bits per heavy atom. The lowest BCUT2D eigenvalue weighted by Gasteiger charge is -2.10. The molecule has 0 radical (unpaired) electrons. The summed E-state index contributed by atoms with van der Waals surface area (Å²) in [5.74, 6) is 0. The van der Waals surface area contributed by atoms with Crippen molar-refractivity contribution in [3.8, 4) is 0 Å². The summed E-state index contributed by atoms with van der Waals surface area (Å²) < 4.78 is 11.9. The van der Waals surface area contributed by atoms with Crippen molar-refractivity contribution in [2.75, 3.05) is 0 Å². The van der Waals surface area contributed by atoms with Crippen molar-refractivity contribution in [2.24, 2.45) is 0 Å². The summed E-state index contributed by atoms with van der Waals surface area (Å²) in [7, 11) is 0. The van der Waals surface area contributed by atoms with E-state index in [-0.39, 0.29) is 0 Å². The van der Waals surface area contributed by atoms with Crippen LogP contribution in [0.1, 0.15) is 12.0 Å². The van der Waals surface area contributed by atoms with E-state index in [1.165, 1.54) is 12.5 Å². The second-order valence-electron chi connectivity index (χ2n) is 2.38. The van der Waals surface area contributed by atoms with Crippen LogP contribution >= 0.6 is 31.9 Å². The van der Waals surface area contributed by atoms with Crippen molar-refractivity contribution in [2.45, 2.75) is 6.29 Å². The van der Waals surface area contributed by atoms with Gasteiger partial charge in [-0.15, -0.1) is 0 Å². The van der Waals surface area contributed by atoms with Gasteiger partial charge in [0.15, 0.2) is 0 Å². The predicted molar refractivity (Wildman–Crippen MR) is 53.7 cm³/mol. The van der Waals surface area contributed by atoms with E-state index >= 15 is 0 Å². The maximum atomic E-state index is 5.16. The van der Waals surface area contributed by atoms with E-state index in [1.807, 2.05) is 12.1 Å². The van der Waals surface area contributed by atoms with Crippen molar-refractivity contribution in [3.05, 3.63) is 39.4 Å². The Bertz CT molecular complexity index is 346. The van der Waals surface area contributed by atoms with Crippen LogP contribution < -0.4 is 0 Å². The van der Waals surface area contributed by atoms with Gasteiger partial charge in [-0.2, -0.15) is 0 Å². The first-order chi connectivity index (χ1) is 6.27. The molecule has 13 heavy (non-hydrogen) atoms. The number of pyridine rings is 1. The first kappa shape index (κ1) is 9.02. The van der Waals surface area contributed by atoms with E-state index in [4.69, 9.17) is 9.47 Å². The summed E-state index contributed by atoms with van der Waals surface area (Å²) in [6.07, 6.45) is 2.56. The lowest BCUT2D eigenvalue weighted by atomic mass is 10.3. The van der Waals surface area contributed by atoms with Crippen LogP contribution in [0.15, 0.2) is 33.7 Å². The van der Waals surface area contributed by atoms with E-state index in [0.29, 0.717) is 0 Å². The highest BCUT2D eigenvalue weighted by molar-refractivity contribution is 9.11. The van der Waals surface area contributed by atoms with Crippen molar-refractivity contribution in [1.82, 2.24) is 4.98 Å². The molecule has 0 aromatic carbocycles. The third-order valence-corrected chi connectivity index (χ3v) is 2.63. The molecule has 0 N–H and O–H groups in total. The molecule has 3 nitrogen and oxygen atoms in total. The highest BCUT2D eigenvalue weighted by Crippen LogP contribution is 2.29. The van der Waals surface area contributed by atoms with E-state index in [0.717, 1.165) is 14.8 Å². The van der Waals surface area contributed by atoms with E-state index < -0.39 is 6.29 Å². The van der Waals surface area contributed by atoms with Crippen LogP contribution in [-0.2, 0) is 9.47 Å². The van der Waals surface area contributed by atoms with Crippen LogP contribution in [0.4, 0.5) is 0 Å². The highest BCUT2D eigenvalue weighted by Gasteiger charge is 2.20. The van der Waals surface area contributed by atoms with E-state index in [1.54, 1.807) is 0 Å². The van der Waals surface area contributed by atoms with Gasteiger partial charge in [0.25, 0.3) is 6.29 Å². The molecule has 0 bridgehead atoms. The van der Waals surface area contributed by atoms with E-state index in [2.05, 4.69) is 36.8 Å². The molecular weight excluding hydrogens is 302 g/mol. The molecule has 0 spiro atoms. The fourth-order valence-corrected chi connectivity index (χ4v) is 1.70. The monoisotopic (exact) mass is 305 g/mol. The van der Waals surface area contributed by atoms with Gasteiger partial charge < -0.3 is 9.47 Å². The molecule has 2 rings (SSSR count). The van der Waals surface area contributed by atoms with Crippen LogP contribution in [0, 0.1) is 0 Å². The minimum atomic E-state index is -0.438. The van der Waals surface area contributed by atoms with Gasteiger partial charge in [-0.3, -0.25) is 0 Å². The average Bonchev–Trinajstić information content (AvgIpc) is 2.61. The number of halogens is 2. The molecule has 1 aromatic heterocycles. The molecule has 2 heterocycles. The van der Waals surface area contributed by atoms with Gasteiger partial charge in [0.2, 0.25) is 0 Å². The number of aromatic nitrogens is 1. The van der Waals surface area contributed by atoms with Gasteiger partial charge in [0, 0.05) is 4.47 Å². The zero-order valence-electron chi connectivity index (χ0n) is 6.41. The van der Waals surface area contributed by atoms with Gasteiger partial charge in [-0.05, 0) is 44.0 Å². The number of ether oxygens (including phenoxy) is 2. The smallest absolute Gasteiger partial charge is 0.284 e. The van der Waals surface area contributed by atoms with Crippen molar-refractivity contribution in [1.29, 1.82) is 0 Å². The molecule has 68 valence electrons. The molecule has 5 heteroatoms. The third kappa shape index (κ3) is 1.86.